The SMILES string of the molecule is O=C(Cc1ccccn1)Nc1ccc(CCNC[C@H](O)c2ccccc2)cc1. The second kappa shape index (κ2) is 10.3. The Bertz CT molecular complexity index is 852. The Morgan fingerprint density at radius 3 is 2.43 bits per heavy atom. The van der Waals surface area contributed by atoms with E-state index in [1.54, 1.807) is 6.20 Å². The zero-order valence-electron chi connectivity index (χ0n) is 15.7. The topological polar surface area (TPSA) is 74.2 Å². The van der Waals surface area contributed by atoms with Crippen LogP contribution in [0.2, 0.25) is 0 Å². The van der Waals surface area contributed by atoms with Crippen LogP contribution in [0.15, 0.2) is 79.0 Å². The molecule has 1 amide bonds. The standard InChI is InChI=1S/C23H25N3O2/c27-22(19-6-2-1-3-7-19)17-24-15-13-18-9-11-20(12-10-18)26-23(28)16-21-8-4-5-14-25-21/h1-12,14,22,24,27H,13,15-17H2,(H,26,28)/t22-/m0/s1. The number of nitrogens with zero attached hydrogens (tertiary/aromatic N) is 1. The minimum Gasteiger partial charge on any atom is -0.387 e. The Hall–Kier alpha value is -3.02. The number of carbonyl (C=O) groups is 1. The highest BCUT2D eigenvalue weighted by molar-refractivity contribution is 5.91. The predicted octanol–water partition coefficient (Wildman–Crippen LogP) is 3.13. The number of aliphatic hydroxyl groups is 1. The summed E-state index contributed by atoms with van der Waals surface area (Å²) in [6.45, 7) is 1.29. The third-order valence-corrected chi connectivity index (χ3v) is 4.42. The summed E-state index contributed by atoms with van der Waals surface area (Å²) < 4.78 is 0. The number of pyridine rings is 1. The summed E-state index contributed by atoms with van der Waals surface area (Å²) in [5, 5.41) is 16.3. The fourth-order valence-electron chi connectivity index (χ4n) is 2.89. The number of anilines is 1. The van der Waals surface area contributed by atoms with Gasteiger partial charge in [0, 0.05) is 24.1 Å². The van der Waals surface area contributed by atoms with Crippen LogP contribution < -0.4 is 10.6 Å². The van der Waals surface area contributed by atoms with Crippen molar-refractivity contribution in [3.63, 3.8) is 0 Å². The number of rotatable bonds is 9. The van der Waals surface area contributed by atoms with Crippen LogP contribution in [0.1, 0.15) is 22.9 Å². The van der Waals surface area contributed by atoms with E-state index in [0.717, 1.165) is 29.9 Å². The van der Waals surface area contributed by atoms with E-state index in [1.807, 2.05) is 72.8 Å². The second-order valence-electron chi connectivity index (χ2n) is 6.62. The van der Waals surface area contributed by atoms with E-state index >= 15 is 0 Å². The van der Waals surface area contributed by atoms with Gasteiger partial charge in [-0.3, -0.25) is 9.78 Å². The molecule has 0 unspecified atom stereocenters. The number of hydrogen-bond acceptors (Lipinski definition) is 4. The Morgan fingerprint density at radius 1 is 0.964 bits per heavy atom. The van der Waals surface area contributed by atoms with Crippen LogP contribution >= 0.6 is 0 Å². The van der Waals surface area contributed by atoms with Gasteiger partial charge in [-0.1, -0.05) is 48.5 Å². The third kappa shape index (κ3) is 6.30. The molecule has 0 aliphatic rings. The van der Waals surface area contributed by atoms with Crippen molar-refractivity contribution in [1.29, 1.82) is 0 Å². The van der Waals surface area contributed by atoms with Crippen molar-refractivity contribution in [2.45, 2.75) is 18.9 Å². The fraction of sp³-hybridized carbons (Fsp3) is 0.217. The molecular weight excluding hydrogens is 350 g/mol. The lowest BCUT2D eigenvalue weighted by Crippen LogP contribution is -2.23. The van der Waals surface area contributed by atoms with Crippen LogP contribution in [0.4, 0.5) is 5.69 Å². The summed E-state index contributed by atoms with van der Waals surface area (Å²) in [6.07, 6.45) is 2.29. The van der Waals surface area contributed by atoms with Crippen molar-refractivity contribution in [3.8, 4) is 0 Å². The van der Waals surface area contributed by atoms with Crippen molar-refractivity contribution >= 4 is 11.6 Å². The van der Waals surface area contributed by atoms with E-state index in [0.29, 0.717) is 6.54 Å². The molecular formula is C23H25N3O2. The number of aliphatic hydroxyl groups excluding tert-OH is 1. The van der Waals surface area contributed by atoms with Gasteiger partial charge in [0.15, 0.2) is 0 Å². The van der Waals surface area contributed by atoms with Crippen molar-refractivity contribution in [1.82, 2.24) is 10.3 Å². The van der Waals surface area contributed by atoms with Crippen molar-refractivity contribution in [2.75, 3.05) is 18.4 Å². The molecule has 0 saturated carbocycles. The Balaban J connectivity index is 1.39. The molecule has 1 atom stereocenters. The van der Waals surface area contributed by atoms with Gasteiger partial charge >= 0.3 is 0 Å². The number of nitrogens with one attached hydrogen (secondary N) is 2. The highest BCUT2D eigenvalue weighted by Crippen LogP contribution is 2.12. The lowest BCUT2D eigenvalue weighted by molar-refractivity contribution is -0.115. The summed E-state index contributed by atoms with van der Waals surface area (Å²) in [7, 11) is 0. The minimum absolute atomic E-state index is 0.0805. The van der Waals surface area contributed by atoms with Crippen molar-refractivity contribution < 1.29 is 9.90 Å². The summed E-state index contributed by atoms with van der Waals surface area (Å²) in [6, 6.07) is 23.0. The Labute approximate surface area is 165 Å². The lowest BCUT2D eigenvalue weighted by Gasteiger charge is -2.12. The molecule has 3 aromatic rings. The van der Waals surface area contributed by atoms with Gasteiger partial charge in [-0.05, 0) is 48.4 Å². The monoisotopic (exact) mass is 375 g/mol. The van der Waals surface area contributed by atoms with Gasteiger partial charge in [0.25, 0.3) is 0 Å². The Kier molecular flexibility index (Phi) is 7.29. The van der Waals surface area contributed by atoms with E-state index in [-0.39, 0.29) is 12.3 Å². The van der Waals surface area contributed by atoms with Gasteiger partial charge in [-0.25, -0.2) is 0 Å². The average molecular weight is 375 g/mol. The molecule has 5 nitrogen and oxygen atoms in total. The van der Waals surface area contributed by atoms with Crippen molar-refractivity contribution in [3.05, 3.63) is 95.8 Å². The highest BCUT2D eigenvalue weighted by atomic mass is 16.3. The quantitative estimate of drug-likeness (QED) is 0.503. The Morgan fingerprint density at radius 2 is 1.71 bits per heavy atom. The highest BCUT2D eigenvalue weighted by Gasteiger charge is 2.06. The lowest BCUT2D eigenvalue weighted by atomic mass is 10.1. The summed E-state index contributed by atoms with van der Waals surface area (Å²) in [5.41, 5.74) is 3.61. The molecule has 1 aromatic heterocycles. The number of aromatic nitrogens is 1. The van der Waals surface area contributed by atoms with Gasteiger partial charge in [-0.2, -0.15) is 0 Å². The van der Waals surface area contributed by atoms with E-state index in [9.17, 15) is 9.90 Å². The molecule has 0 bridgehead atoms. The maximum Gasteiger partial charge on any atom is 0.230 e. The second-order valence-corrected chi connectivity index (χ2v) is 6.62. The molecule has 0 radical (unpaired) electrons. The fourth-order valence-corrected chi connectivity index (χ4v) is 2.89. The number of hydrogen-bond donors (Lipinski definition) is 3. The van der Waals surface area contributed by atoms with Crippen LogP contribution in [0, 0.1) is 0 Å². The smallest absolute Gasteiger partial charge is 0.230 e. The van der Waals surface area contributed by atoms with E-state index in [4.69, 9.17) is 0 Å². The van der Waals surface area contributed by atoms with Crippen LogP contribution in [-0.4, -0.2) is 29.1 Å². The molecule has 0 aliphatic heterocycles. The molecule has 3 rings (SSSR count). The number of carbonyl (C=O) groups excluding carboxylic acids is 1. The molecule has 144 valence electrons. The summed E-state index contributed by atoms with van der Waals surface area (Å²) in [5.74, 6) is -0.0805. The van der Waals surface area contributed by atoms with E-state index < -0.39 is 6.10 Å². The third-order valence-electron chi connectivity index (χ3n) is 4.42. The molecule has 0 fully saturated rings. The molecule has 3 N–H and O–H groups in total. The molecule has 0 saturated heterocycles. The average Bonchev–Trinajstić information content (AvgIpc) is 2.73. The molecule has 28 heavy (non-hydrogen) atoms. The maximum atomic E-state index is 12.1. The van der Waals surface area contributed by atoms with Gasteiger partial charge < -0.3 is 15.7 Å². The summed E-state index contributed by atoms with van der Waals surface area (Å²) in [4.78, 5) is 16.2. The largest absolute Gasteiger partial charge is 0.387 e. The van der Waals surface area contributed by atoms with Gasteiger partial charge in [0.2, 0.25) is 5.91 Å². The molecule has 5 heteroatoms. The number of amides is 1. The number of benzene rings is 2. The first-order valence-corrected chi connectivity index (χ1v) is 9.43. The first-order valence-electron chi connectivity index (χ1n) is 9.43. The zero-order valence-corrected chi connectivity index (χ0v) is 15.7. The van der Waals surface area contributed by atoms with Crippen LogP contribution in [0.3, 0.4) is 0 Å². The van der Waals surface area contributed by atoms with Gasteiger partial charge in [0.1, 0.15) is 0 Å². The van der Waals surface area contributed by atoms with E-state index in [2.05, 4.69) is 15.6 Å². The first kappa shape index (κ1) is 19.7. The predicted molar refractivity (Wildman–Crippen MR) is 111 cm³/mol. The molecule has 1 heterocycles. The van der Waals surface area contributed by atoms with Gasteiger partial charge in [-0.15, -0.1) is 0 Å². The normalized spacial score (nSPS) is 11.8. The maximum absolute atomic E-state index is 12.1. The van der Waals surface area contributed by atoms with Gasteiger partial charge in [0.05, 0.1) is 12.5 Å². The van der Waals surface area contributed by atoms with E-state index in [1.165, 1.54) is 5.56 Å². The zero-order chi connectivity index (χ0) is 19.6. The molecule has 0 spiro atoms. The summed E-state index contributed by atoms with van der Waals surface area (Å²) >= 11 is 0. The van der Waals surface area contributed by atoms with Crippen LogP contribution in [-0.2, 0) is 17.6 Å². The molecule has 2 aromatic carbocycles. The first-order chi connectivity index (χ1) is 13.7. The van der Waals surface area contributed by atoms with Crippen molar-refractivity contribution in [2.24, 2.45) is 0 Å². The molecule has 0 aliphatic carbocycles. The minimum atomic E-state index is -0.502. The van der Waals surface area contributed by atoms with Crippen LogP contribution in [0.5, 0.6) is 0 Å². The van der Waals surface area contributed by atoms with Crippen LogP contribution in [0.25, 0.3) is 0 Å².